The third kappa shape index (κ3) is 2.93. The number of aryl methyl sites for hydroxylation is 1. The SMILES string of the molecule is CCCNC(c1ccc(C)o1)c1csc2c(Br)cccc12. The Hall–Kier alpha value is -1.10. The molecule has 0 saturated heterocycles. The van der Waals surface area contributed by atoms with Gasteiger partial charge in [0.1, 0.15) is 11.5 Å². The molecule has 4 heteroatoms. The lowest BCUT2D eigenvalue weighted by atomic mass is 10.0. The minimum atomic E-state index is 0.113. The molecular weight excluding hydrogens is 346 g/mol. The van der Waals surface area contributed by atoms with Gasteiger partial charge in [-0.3, -0.25) is 0 Å². The highest BCUT2D eigenvalue weighted by atomic mass is 79.9. The van der Waals surface area contributed by atoms with E-state index in [1.54, 1.807) is 11.3 Å². The van der Waals surface area contributed by atoms with E-state index in [0.717, 1.165) is 29.0 Å². The molecule has 0 radical (unpaired) electrons. The second-order valence-corrected chi connectivity index (χ2v) is 6.88. The Morgan fingerprint density at radius 1 is 1.29 bits per heavy atom. The Balaban J connectivity index is 2.08. The molecule has 1 aromatic carbocycles. The molecule has 21 heavy (non-hydrogen) atoms. The van der Waals surface area contributed by atoms with Gasteiger partial charge in [-0.1, -0.05) is 19.1 Å². The first-order chi connectivity index (χ1) is 10.2. The molecule has 0 aliphatic rings. The summed E-state index contributed by atoms with van der Waals surface area (Å²) in [6.45, 7) is 5.14. The number of rotatable bonds is 5. The molecule has 1 N–H and O–H groups in total. The van der Waals surface area contributed by atoms with Gasteiger partial charge in [-0.15, -0.1) is 11.3 Å². The number of fused-ring (bicyclic) bond motifs is 1. The molecule has 2 nitrogen and oxygen atoms in total. The highest BCUT2D eigenvalue weighted by molar-refractivity contribution is 9.10. The van der Waals surface area contributed by atoms with E-state index in [9.17, 15) is 0 Å². The van der Waals surface area contributed by atoms with Gasteiger partial charge in [0, 0.05) is 9.17 Å². The van der Waals surface area contributed by atoms with Crippen molar-refractivity contribution in [1.29, 1.82) is 0 Å². The second kappa shape index (κ2) is 6.34. The van der Waals surface area contributed by atoms with Crippen LogP contribution in [0.4, 0.5) is 0 Å². The lowest BCUT2D eigenvalue weighted by molar-refractivity contribution is 0.432. The summed E-state index contributed by atoms with van der Waals surface area (Å²) < 4.78 is 8.32. The number of nitrogens with one attached hydrogen (secondary N) is 1. The number of thiophene rings is 1. The first-order valence-corrected chi connectivity index (χ1v) is 8.83. The van der Waals surface area contributed by atoms with E-state index in [0.29, 0.717) is 0 Å². The van der Waals surface area contributed by atoms with Crippen LogP contribution in [0.15, 0.2) is 44.6 Å². The summed E-state index contributed by atoms with van der Waals surface area (Å²) in [5, 5.41) is 7.14. The molecule has 3 rings (SSSR count). The number of benzene rings is 1. The summed E-state index contributed by atoms with van der Waals surface area (Å²) in [5.74, 6) is 1.94. The Morgan fingerprint density at radius 3 is 2.86 bits per heavy atom. The maximum Gasteiger partial charge on any atom is 0.125 e. The molecule has 0 bridgehead atoms. The van der Waals surface area contributed by atoms with Crippen LogP contribution in [0.3, 0.4) is 0 Å². The number of halogens is 1. The fourth-order valence-corrected chi connectivity index (χ4v) is 4.17. The molecule has 0 spiro atoms. The first-order valence-electron chi connectivity index (χ1n) is 7.16. The van der Waals surface area contributed by atoms with Crippen molar-refractivity contribution < 1.29 is 4.42 Å². The Morgan fingerprint density at radius 2 is 2.14 bits per heavy atom. The normalized spacial score (nSPS) is 12.9. The Kier molecular flexibility index (Phi) is 4.48. The second-order valence-electron chi connectivity index (χ2n) is 5.14. The molecule has 110 valence electrons. The quantitative estimate of drug-likeness (QED) is 0.632. The van der Waals surface area contributed by atoms with Gasteiger partial charge in [-0.05, 0) is 70.3 Å². The van der Waals surface area contributed by atoms with Crippen LogP contribution in [0.2, 0.25) is 0 Å². The van der Waals surface area contributed by atoms with Crippen LogP contribution in [0.1, 0.15) is 36.5 Å². The molecular formula is C17H18BrNOS. The number of furan rings is 1. The van der Waals surface area contributed by atoms with Crippen LogP contribution in [0, 0.1) is 6.92 Å². The largest absolute Gasteiger partial charge is 0.464 e. The average Bonchev–Trinajstić information content (AvgIpc) is 3.08. The molecule has 2 heterocycles. The molecule has 0 fully saturated rings. The van der Waals surface area contributed by atoms with Crippen LogP contribution >= 0.6 is 27.3 Å². The highest BCUT2D eigenvalue weighted by Crippen LogP contribution is 2.37. The lowest BCUT2D eigenvalue weighted by Crippen LogP contribution is -2.22. The summed E-state index contributed by atoms with van der Waals surface area (Å²) in [7, 11) is 0. The van der Waals surface area contributed by atoms with Crippen molar-refractivity contribution in [2.75, 3.05) is 6.54 Å². The first kappa shape index (κ1) is 14.8. The third-order valence-corrected chi connectivity index (χ3v) is 5.51. The van der Waals surface area contributed by atoms with Crippen molar-refractivity contribution in [3.8, 4) is 0 Å². The molecule has 1 atom stereocenters. The predicted octanol–water partition coefficient (Wildman–Crippen LogP) is 5.65. The minimum Gasteiger partial charge on any atom is -0.464 e. The predicted molar refractivity (Wildman–Crippen MR) is 93.1 cm³/mol. The topological polar surface area (TPSA) is 25.2 Å². The zero-order valence-electron chi connectivity index (χ0n) is 12.2. The molecule has 2 aromatic heterocycles. The average molecular weight is 364 g/mol. The van der Waals surface area contributed by atoms with Crippen molar-refractivity contribution in [2.24, 2.45) is 0 Å². The van der Waals surface area contributed by atoms with E-state index in [4.69, 9.17) is 4.42 Å². The van der Waals surface area contributed by atoms with E-state index in [1.807, 2.05) is 13.0 Å². The standard InChI is InChI=1S/C17H18BrNOS/c1-3-9-19-16(15-8-7-11(2)20-15)13-10-21-17-12(13)5-4-6-14(17)18/h4-8,10,16,19H,3,9H2,1-2H3. The van der Waals surface area contributed by atoms with Crippen LogP contribution in [0.5, 0.6) is 0 Å². The molecule has 0 saturated carbocycles. The van der Waals surface area contributed by atoms with Gasteiger partial charge >= 0.3 is 0 Å². The van der Waals surface area contributed by atoms with Gasteiger partial charge in [0.15, 0.2) is 0 Å². The maximum absolute atomic E-state index is 5.88. The van der Waals surface area contributed by atoms with E-state index in [-0.39, 0.29) is 6.04 Å². The van der Waals surface area contributed by atoms with Crippen LogP contribution in [0.25, 0.3) is 10.1 Å². The number of hydrogen-bond acceptors (Lipinski definition) is 3. The maximum atomic E-state index is 5.88. The monoisotopic (exact) mass is 363 g/mol. The van der Waals surface area contributed by atoms with Crippen molar-refractivity contribution in [3.05, 3.63) is 57.3 Å². The molecule has 0 aliphatic heterocycles. The fourth-order valence-electron chi connectivity index (χ4n) is 2.53. The minimum absolute atomic E-state index is 0.113. The molecule has 0 amide bonds. The molecule has 3 aromatic rings. The van der Waals surface area contributed by atoms with E-state index in [1.165, 1.54) is 15.6 Å². The summed E-state index contributed by atoms with van der Waals surface area (Å²) in [6, 6.07) is 10.6. The molecule has 0 aliphatic carbocycles. The van der Waals surface area contributed by atoms with Crippen molar-refractivity contribution >= 4 is 37.4 Å². The van der Waals surface area contributed by atoms with Crippen LogP contribution < -0.4 is 5.32 Å². The summed E-state index contributed by atoms with van der Waals surface area (Å²) in [4.78, 5) is 0. The number of hydrogen-bond donors (Lipinski definition) is 1. The Bertz CT molecular complexity index is 746. The van der Waals surface area contributed by atoms with E-state index >= 15 is 0 Å². The van der Waals surface area contributed by atoms with Gasteiger partial charge in [-0.2, -0.15) is 0 Å². The zero-order chi connectivity index (χ0) is 14.8. The van der Waals surface area contributed by atoms with Crippen molar-refractivity contribution in [3.63, 3.8) is 0 Å². The van der Waals surface area contributed by atoms with Crippen molar-refractivity contribution in [2.45, 2.75) is 26.3 Å². The van der Waals surface area contributed by atoms with Crippen LogP contribution in [-0.4, -0.2) is 6.54 Å². The zero-order valence-corrected chi connectivity index (χ0v) is 14.6. The van der Waals surface area contributed by atoms with Gasteiger partial charge in [0.2, 0.25) is 0 Å². The fraction of sp³-hybridized carbons (Fsp3) is 0.294. The molecule has 1 unspecified atom stereocenters. The highest BCUT2D eigenvalue weighted by Gasteiger charge is 2.20. The van der Waals surface area contributed by atoms with Gasteiger partial charge < -0.3 is 9.73 Å². The van der Waals surface area contributed by atoms with E-state index < -0.39 is 0 Å². The van der Waals surface area contributed by atoms with Gasteiger partial charge in [-0.25, -0.2) is 0 Å². The van der Waals surface area contributed by atoms with Crippen LogP contribution in [-0.2, 0) is 0 Å². The summed E-state index contributed by atoms with van der Waals surface area (Å²) >= 11 is 5.41. The van der Waals surface area contributed by atoms with Gasteiger partial charge in [0.25, 0.3) is 0 Å². The summed E-state index contributed by atoms with van der Waals surface area (Å²) in [5.41, 5.74) is 1.29. The third-order valence-electron chi connectivity index (χ3n) is 3.54. The van der Waals surface area contributed by atoms with Gasteiger partial charge in [0.05, 0.1) is 6.04 Å². The lowest BCUT2D eigenvalue weighted by Gasteiger charge is -2.16. The summed E-state index contributed by atoms with van der Waals surface area (Å²) in [6.07, 6.45) is 1.10. The smallest absolute Gasteiger partial charge is 0.125 e. The van der Waals surface area contributed by atoms with Crippen molar-refractivity contribution in [1.82, 2.24) is 5.32 Å². The Labute approximate surface area is 137 Å². The van der Waals surface area contributed by atoms with E-state index in [2.05, 4.69) is 57.8 Å².